The average Bonchev–Trinajstić information content (AvgIpc) is 2.16. The van der Waals surface area contributed by atoms with E-state index in [1.807, 2.05) is 0 Å². The number of carbonyl (C=O) groups is 1. The van der Waals surface area contributed by atoms with Crippen LogP contribution in [0.4, 0.5) is 0 Å². The van der Waals surface area contributed by atoms with E-state index in [4.69, 9.17) is 10.5 Å². The Balaban J connectivity index is 3.70. The molecule has 4 nitrogen and oxygen atoms in total. The van der Waals surface area contributed by atoms with Crippen molar-refractivity contribution in [2.75, 3.05) is 26.8 Å². The lowest BCUT2D eigenvalue weighted by Gasteiger charge is -2.16. The summed E-state index contributed by atoms with van der Waals surface area (Å²) in [5, 5.41) is 2.80. The normalized spacial score (nSPS) is 12.9. The van der Waals surface area contributed by atoms with Crippen molar-refractivity contribution in [2.45, 2.75) is 26.7 Å². The number of hydrogen-bond donors (Lipinski definition) is 2. The molecule has 1 amide bonds. The highest BCUT2D eigenvalue weighted by Crippen LogP contribution is 2.13. The molecule has 0 aliphatic rings. The average molecular weight is 216 g/mol. The fourth-order valence-electron chi connectivity index (χ4n) is 1.56. The summed E-state index contributed by atoms with van der Waals surface area (Å²) in [6.07, 6.45) is 1.53. The Morgan fingerprint density at radius 1 is 1.47 bits per heavy atom. The van der Waals surface area contributed by atoms with Gasteiger partial charge < -0.3 is 15.8 Å². The Hall–Kier alpha value is -0.610. The minimum atomic E-state index is 0.0724. The lowest BCUT2D eigenvalue weighted by atomic mass is 9.94. The number of nitrogens with one attached hydrogen (secondary N) is 1. The molecule has 0 aromatic carbocycles. The molecule has 0 bridgehead atoms. The lowest BCUT2D eigenvalue weighted by molar-refractivity contribution is -0.122. The van der Waals surface area contributed by atoms with Crippen LogP contribution < -0.4 is 11.1 Å². The van der Waals surface area contributed by atoms with Crippen LogP contribution in [0.5, 0.6) is 0 Å². The maximum Gasteiger partial charge on any atom is 0.220 e. The zero-order valence-electron chi connectivity index (χ0n) is 10.1. The second kappa shape index (κ2) is 8.68. The Labute approximate surface area is 92.6 Å². The number of carbonyl (C=O) groups excluding carboxylic acids is 1. The molecular formula is C11H24N2O2. The molecule has 0 heterocycles. The van der Waals surface area contributed by atoms with Gasteiger partial charge in [0.1, 0.15) is 0 Å². The van der Waals surface area contributed by atoms with Crippen molar-refractivity contribution in [2.24, 2.45) is 17.6 Å². The number of hydrogen-bond acceptors (Lipinski definition) is 3. The van der Waals surface area contributed by atoms with Gasteiger partial charge in [-0.05, 0) is 24.8 Å². The summed E-state index contributed by atoms with van der Waals surface area (Å²) in [4.78, 5) is 11.4. The molecule has 0 aromatic heterocycles. The van der Waals surface area contributed by atoms with E-state index in [9.17, 15) is 4.79 Å². The topological polar surface area (TPSA) is 64.3 Å². The number of rotatable bonds is 8. The summed E-state index contributed by atoms with van der Waals surface area (Å²) >= 11 is 0. The molecule has 1 unspecified atom stereocenters. The first kappa shape index (κ1) is 14.4. The molecule has 15 heavy (non-hydrogen) atoms. The standard InChI is InChI=1S/C11H24N2O2/c1-9(2)6-10(8-12)7-11(14)13-4-5-15-3/h9-10H,4-8,12H2,1-3H3,(H,13,14). The molecule has 90 valence electrons. The summed E-state index contributed by atoms with van der Waals surface area (Å²) in [7, 11) is 1.62. The van der Waals surface area contributed by atoms with Crippen LogP contribution in [0.15, 0.2) is 0 Å². The Kier molecular flexibility index (Phi) is 8.33. The van der Waals surface area contributed by atoms with Crippen LogP contribution in [-0.2, 0) is 9.53 Å². The number of amides is 1. The van der Waals surface area contributed by atoms with E-state index in [1.165, 1.54) is 0 Å². The van der Waals surface area contributed by atoms with Gasteiger partial charge in [-0.2, -0.15) is 0 Å². The van der Waals surface area contributed by atoms with Gasteiger partial charge in [-0.25, -0.2) is 0 Å². The Bertz CT molecular complexity index is 172. The van der Waals surface area contributed by atoms with Crippen molar-refractivity contribution in [3.8, 4) is 0 Å². The maximum atomic E-state index is 11.4. The van der Waals surface area contributed by atoms with Crippen LogP contribution in [0.3, 0.4) is 0 Å². The summed E-state index contributed by atoms with van der Waals surface area (Å²) in [6, 6.07) is 0. The number of methoxy groups -OCH3 is 1. The Morgan fingerprint density at radius 2 is 2.13 bits per heavy atom. The Morgan fingerprint density at radius 3 is 2.60 bits per heavy atom. The van der Waals surface area contributed by atoms with Crippen molar-refractivity contribution in [1.82, 2.24) is 5.32 Å². The lowest BCUT2D eigenvalue weighted by Crippen LogP contribution is -2.31. The first-order valence-corrected chi connectivity index (χ1v) is 5.55. The monoisotopic (exact) mass is 216 g/mol. The van der Waals surface area contributed by atoms with Crippen molar-refractivity contribution in [1.29, 1.82) is 0 Å². The summed E-state index contributed by atoms with van der Waals surface area (Å²) < 4.78 is 4.85. The smallest absolute Gasteiger partial charge is 0.220 e. The molecular weight excluding hydrogens is 192 g/mol. The first-order chi connectivity index (χ1) is 7.10. The zero-order valence-corrected chi connectivity index (χ0v) is 10.1. The zero-order chi connectivity index (χ0) is 11.7. The molecule has 0 aromatic rings. The molecule has 0 spiro atoms. The van der Waals surface area contributed by atoms with Crippen LogP contribution in [-0.4, -0.2) is 32.7 Å². The van der Waals surface area contributed by atoms with E-state index in [1.54, 1.807) is 7.11 Å². The molecule has 0 aliphatic heterocycles. The molecule has 0 fully saturated rings. The molecule has 0 saturated carbocycles. The van der Waals surface area contributed by atoms with E-state index in [0.717, 1.165) is 6.42 Å². The highest BCUT2D eigenvalue weighted by Gasteiger charge is 2.13. The fraction of sp³-hybridized carbons (Fsp3) is 0.909. The van der Waals surface area contributed by atoms with Crippen LogP contribution in [0.25, 0.3) is 0 Å². The predicted molar refractivity (Wildman–Crippen MR) is 61.5 cm³/mol. The van der Waals surface area contributed by atoms with Crippen LogP contribution >= 0.6 is 0 Å². The largest absolute Gasteiger partial charge is 0.383 e. The maximum absolute atomic E-state index is 11.4. The molecule has 3 N–H and O–H groups in total. The predicted octanol–water partition coefficient (Wildman–Crippen LogP) is 0.760. The first-order valence-electron chi connectivity index (χ1n) is 5.55. The molecule has 0 aliphatic carbocycles. The fourth-order valence-corrected chi connectivity index (χ4v) is 1.56. The van der Waals surface area contributed by atoms with E-state index >= 15 is 0 Å². The third-order valence-corrected chi connectivity index (χ3v) is 2.24. The summed E-state index contributed by atoms with van der Waals surface area (Å²) in [5.74, 6) is 0.959. The minimum Gasteiger partial charge on any atom is -0.383 e. The molecule has 0 radical (unpaired) electrons. The van der Waals surface area contributed by atoms with Gasteiger partial charge in [0.15, 0.2) is 0 Å². The second-order valence-corrected chi connectivity index (χ2v) is 4.28. The van der Waals surface area contributed by atoms with Gasteiger partial charge in [0, 0.05) is 20.1 Å². The molecule has 0 rings (SSSR count). The van der Waals surface area contributed by atoms with E-state index in [0.29, 0.717) is 38.0 Å². The SMILES string of the molecule is COCCNC(=O)CC(CN)CC(C)C. The van der Waals surface area contributed by atoms with E-state index < -0.39 is 0 Å². The highest BCUT2D eigenvalue weighted by molar-refractivity contribution is 5.76. The van der Waals surface area contributed by atoms with Crippen molar-refractivity contribution in [3.05, 3.63) is 0 Å². The third-order valence-electron chi connectivity index (χ3n) is 2.24. The van der Waals surface area contributed by atoms with Gasteiger partial charge in [0.2, 0.25) is 5.91 Å². The molecule has 1 atom stereocenters. The molecule has 4 heteroatoms. The minimum absolute atomic E-state index is 0.0724. The van der Waals surface area contributed by atoms with Gasteiger partial charge in [0.05, 0.1) is 6.61 Å². The van der Waals surface area contributed by atoms with Gasteiger partial charge >= 0.3 is 0 Å². The van der Waals surface area contributed by atoms with Gasteiger partial charge in [-0.15, -0.1) is 0 Å². The summed E-state index contributed by atoms with van der Waals surface area (Å²) in [5.41, 5.74) is 5.62. The quantitative estimate of drug-likeness (QED) is 0.589. The van der Waals surface area contributed by atoms with Crippen molar-refractivity contribution >= 4 is 5.91 Å². The van der Waals surface area contributed by atoms with Gasteiger partial charge in [-0.1, -0.05) is 13.8 Å². The van der Waals surface area contributed by atoms with E-state index in [-0.39, 0.29) is 5.91 Å². The van der Waals surface area contributed by atoms with Crippen LogP contribution in [0.1, 0.15) is 26.7 Å². The number of nitrogens with two attached hydrogens (primary N) is 1. The van der Waals surface area contributed by atoms with Gasteiger partial charge in [0.25, 0.3) is 0 Å². The molecule has 0 saturated heterocycles. The van der Waals surface area contributed by atoms with Crippen LogP contribution in [0.2, 0.25) is 0 Å². The van der Waals surface area contributed by atoms with Crippen molar-refractivity contribution in [3.63, 3.8) is 0 Å². The van der Waals surface area contributed by atoms with Crippen LogP contribution in [0, 0.1) is 11.8 Å². The van der Waals surface area contributed by atoms with Crippen molar-refractivity contribution < 1.29 is 9.53 Å². The van der Waals surface area contributed by atoms with E-state index in [2.05, 4.69) is 19.2 Å². The number of ether oxygens (including phenoxy) is 1. The second-order valence-electron chi connectivity index (χ2n) is 4.28. The summed E-state index contributed by atoms with van der Waals surface area (Å²) in [6.45, 7) is 6.00. The van der Waals surface area contributed by atoms with Gasteiger partial charge in [-0.3, -0.25) is 4.79 Å². The third kappa shape index (κ3) is 8.39. The highest BCUT2D eigenvalue weighted by atomic mass is 16.5.